The zero-order valence-corrected chi connectivity index (χ0v) is 7.73. The van der Waals surface area contributed by atoms with Gasteiger partial charge in [-0.1, -0.05) is 0 Å². The molecule has 14 heavy (non-hydrogen) atoms. The van der Waals surface area contributed by atoms with Gasteiger partial charge in [-0.25, -0.2) is 0 Å². The predicted molar refractivity (Wildman–Crippen MR) is 44.7 cm³/mol. The van der Waals surface area contributed by atoms with Gasteiger partial charge in [0.05, 0.1) is 0 Å². The first kappa shape index (κ1) is 13.0. The van der Waals surface area contributed by atoms with E-state index in [0.717, 1.165) is 6.20 Å². The molecule has 0 aliphatic rings. The Morgan fingerprint density at radius 2 is 2.14 bits per heavy atom. The van der Waals surface area contributed by atoms with Gasteiger partial charge in [0.2, 0.25) is 0 Å². The van der Waals surface area contributed by atoms with Crippen LogP contribution in [0.25, 0.3) is 0 Å². The van der Waals surface area contributed by atoms with E-state index in [1.54, 1.807) is 0 Å². The van der Waals surface area contributed by atoms with E-state index in [2.05, 4.69) is 5.32 Å². The second-order valence-electron chi connectivity index (χ2n) is 2.50. The lowest BCUT2D eigenvalue weighted by atomic mass is 10.4. The van der Waals surface area contributed by atoms with Crippen molar-refractivity contribution in [3.8, 4) is 0 Å². The number of methoxy groups -OCH3 is 1. The third kappa shape index (κ3) is 6.47. The summed E-state index contributed by atoms with van der Waals surface area (Å²) in [7, 11) is 1.53. The molecule has 0 spiro atoms. The van der Waals surface area contributed by atoms with E-state index in [0.29, 0.717) is 25.6 Å². The number of ether oxygens (including phenoxy) is 1. The molecule has 1 N–H and O–H groups in total. The summed E-state index contributed by atoms with van der Waals surface area (Å²) in [5.41, 5.74) is 0. The Balaban J connectivity index is 3.58. The van der Waals surface area contributed by atoms with Crippen molar-refractivity contribution < 1.29 is 22.7 Å². The third-order valence-corrected chi connectivity index (χ3v) is 1.30. The van der Waals surface area contributed by atoms with Crippen molar-refractivity contribution in [2.75, 3.05) is 20.3 Å². The highest BCUT2D eigenvalue weighted by atomic mass is 19.4. The average molecular weight is 211 g/mol. The Morgan fingerprint density at radius 1 is 1.50 bits per heavy atom. The van der Waals surface area contributed by atoms with E-state index in [1.807, 2.05) is 0 Å². The largest absolute Gasteiger partial charge is 0.454 e. The van der Waals surface area contributed by atoms with E-state index in [9.17, 15) is 18.0 Å². The van der Waals surface area contributed by atoms with E-state index in [1.165, 1.54) is 7.11 Å². The maximum atomic E-state index is 11.6. The monoisotopic (exact) mass is 211 g/mol. The van der Waals surface area contributed by atoms with Crippen LogP contribution in [0.3, 0.4) is 0 Å². The first-order valence-corrected chi connectivity index (χ1v) is 3.98. The molecule has 0 saturated carbocycles. The molecular weight excluding hydrogens is 199 g/mol. The molecule has 0 bridgehead atoms. The number of hydrogen-bond acceptors (Lipinski definition) is 3. The summed E-state index contributed by atoms with van der Waals surface area (Å²) in [6.45, 7) is 0.990. The molecule has 0 aliphatic heterocycles. The Hall–Kier alpha value is -1.04. The summed E-state index contributed by atoms with van der Waals surface area (Å²) in [6.07, 6.45) is -2.66. The molecule has 0 aromatic heterocycles. The van der Waals surface area contributed by atoms with Crippen LogP contribution in [0.4, 0.5) is 13.2 Å². The van der Waals surface area contributed by atoms with Crippen LogP contribution in [-0.4, -0.2) is 32.2 Å². The van der Waals surface area contributed by atoms with Crippen LogP contribution < -0.4 is 5.32 Å². The number of carbonyl (C=O) groups is 1. The lowest BCUT2D eigenvalue weighted by Gasteiger charge is -2.01. The highest BCUT2D eigenvalue weighted by Crippen LogP contribution is 2.15. The molecular formula is C8H12F3NO2. The zero-order valence-electron chi connectivity index (χ0n) is 7.73. The molecule has 0 unspecified atom stereocenters. The van der Waals surface area contributed by atoms with E-state index < -0.39 is 12.0 Å². The molecule has 0 aromatic carbocycles. The lowest BCUT2D eigenvalue weighted by molar-refractivity contribution is -0.165. The normalized spacial score (nSPS) is 12.0. The summed E-state index contributed by atoms with van der Waals surface area (Å²) >= 11 is 0. The van der Waals surface area contributed by atoms with Gasteiger partial charge in [0.1, 0.15) is 0 Å². The van der Waals surface area contributed by atoms with Gasteiger partial charge in [-0.3, -0.25) is 4.79 Å². The molecule has 0 atom stereocenters. The van der Waals surface area contributed by atoms with Crippen molar-refractivity contribution in [2.24, 2.45) is 0 Å². The average Bonchev–Trinajstić information content (AvgIpc) is 2.09. The first-order chi connectivity index (χ1) is 6.48. The minimum absolute atomic E-state index is 0.465. The van der Waals surface area contributed by atoms with Gasteiger partial charge >= 0.3 is 6.18 Å². The fourth-order valence-electron chi connectivity index (χ4n) is 0.631. The highest BCUT2D eigenvalue weighted by Gasteiger charge is 2.35. The molecule has 0 amide bonds. The van der Waals surface area contributed by atoms with Gasteiger partial charge in [-0.15, -0.1) is 0 Å². The Morgan fingerprint density at radius 3 is 2.64 bits per heavy atom. The topological polar surface area (TPSA) is 38.3 Å². The predicted octanol–water partition coefficient (Wildman–Crippen LogP) is 1.26. The summed E-state index contributed by atoms with van der Waals surface area (Å²) in [5, 5.41) is 2.54. The SMILES string of the molecule is COCCCN/C=C/C(=O)C(F)(F)F. The number of ketones is 1. The Kier molecular flexibility index (Phi) is 5.94. The molecule has 0 saturated heterocycles. The number of rotatable bonds is 6. The second kappa shape index (κ2) is 6.42. The zero-order chi connectivity index (χ0) is 11.0. The number of alkyl halides is 3. The molecule has 0 fully saturated rings. The van der Waals surface area contributed by atoms with Crippen LogP contribution in [0.2, 0.25) is 0 Å². The summed E-state index contributed by atoms with van der Waals surface area (Å²) < 4.78 is 39.6. The standard InChI is InChI=1S/C8H12F3NO2/c1-14-6-2-4-12-5-3-7(13)8(9,10)11/h3,5,12H,2,4,6H2,1H3/b5-3+. The van der Waals surface area contributed by atoms with Crippen LogP contribution in [0.1, 0.15) is 6.42 Å². The molecule has 0 aliphatic carbocycles. The van der Waals surface area contributed by atoms with E-state index in [4.69, 9.17) is 4.74 Å². The van der Waals surface area contributed by atoms with Crippen molar-refractivity contribution in [1.82, 2.24) is 5.32 Å². The van der Waals surface area contributed by atoms with Gasteiger partial charge in [0.25, 0.3) is 5.78 Å². The quantitative estimate of drug-likeness (QED) is 0.531. The van der Waals surface area contributed by atoms with E-state index >= 15 is 0 Å². The Bertz CT molecular complexity index is 201. The Labute approximate surface area is 79.9 Å². The fourth-order valence-corrected chi connectivity index (χ4v) is 0.631. The van der Waals surface area contributed by atoms with Crippen molar-refractivity contribution in [2.45, 2.75) is 12.6 Å². The van der Waals surface area contributed by atoms with Gasteiger partial charge in [0, 0.05) is 32.5 Å². The van der Waals surface area contributed by atoms with Crippen molar-refractivity contribution in [3.63, 3.8) is 0 Å². The van der Waals surface area contributed by atoms with Crippen LogP contribution in [0.5, 0.6) is 0 Å². The minimum Gasteiger partial charge on any atom is -0.391 e. The van der Waals surface area contributed by atoms with Crippen LogP contribution >= 0.6 is 0 Å². The smallest absolute Gasteiger partial charge is 0.391 e. The minimum atomic E-state index is -4.79. The first-order valence-electron chi connectivity index (χ1n) is 3.98. The van der Waals surface area contributed by atoms with Gasteiger partial charge in [-0.05, 0) is 6.42 Å². The third-order valence-electron chi connectivity index (χ3n) is 1.30. The molecule has 0 aromatic rings. The molecule has 3 nitrogen and oxygen atoms in total. The molecule has 6 heteroatoms. The van der Waals surface area contributed by atoms with E-state index in [-0.39, 0.29) is 0 Å². The van der Waals surface area contributed by atoms with Gasteiger partial charge in [0.15, 0.2) is 0 Å². The summed E-state index contributed by atoms with van der Waals surface area (Å²) in [6, 6.07) is 0. The number of allylic oxidation sites excluding steroid dienone is 1. The number of nitrogens with one attached hydrogen (secondary N) is 1. The molecule has 82 valence electrons. The highest BCUT2D eigenvalue weighted by molar-refractivity contribution is 5.94. The second-order valence-corrected chi connectivity index (χ2v) is 2.50. The number of carbonyl (C=O) groups excluding carboxylic acids is 1. The summed E-state index contributed by atoms with van der Waals surface area (Å²) in [5.74, 6) is -1.86. The van der Waals surface area contributed by atoms with Crippen molar-refractivity contribution in [1.29, 1.82) is 0 Å². The van der Waals surface area contributed by atoms with Crippen LogP contribution in [-0.2, 0) is 9.53 Å². The maximum Gasteiger partial charge on any atom is 0.454 e. The van der Waals surface area contributed by atoms with Crippen molar-refractivity contribution >= 4 is 5.78 Å². The number of halogens is 3. The fraction of sp³-hybridized carbons (Fsp3) is 0.625. The van der Waals surface area contributed by atoms with Gasteiger partial charge < -0.3 is 10.1 Å². The summed E-state index contributed by atoms with van der Waals surface area (Å²) in [4.78, 5) is 10.3. The molecule has 0 rings (SSSR count). The van der Waals surface area contributed by atoms with Crippen LogP contribution in [0.15, 0.2) is 12.3 Å². The number of hydrogen-bond donors (Lipinski definition) is 1. The molecule has 0 radical (unpaired) electrons. The lowest BCUT2D eigenvalue weighted by Crippen LogP contribution is -2.21. The van der Waals surface area contributed by atoms with Crippen molar-refractivity contribution in [3.05, 3.63) is 12.3 Å². The molecule has 0 heterocycles. The van der Waals surface area contributed by atoms with Crippen LogP contribution in [0, 0.1) is 0 Å². The maximum absolute atomic E-state index is 11.6. The van der Waals surface area contributed by atoms with Gasteiger partial charge in [-0.2, -0.15) is 13.2 Å².